The van der Waals surface area contributed by atoms with E-state index in [-0.39, 0.29) is 11.6 Å². The lowest BCUT2D eigenvalue weighted by Crippen LogP contribution is -2.29. The van der Waals surface area contributed by atoms with Crippen molar-refractivity contribution in [2.45, 2.75) is 12.5 Å². The molecule has 2 nitrogen and oxygen atoms in total. The van der Waals surface area contributed by atoms with E-state index in [0.717, 1.165) is 17.9 Å². The minimum Gasteiger partial charge on any atom is -0.271 e. The second-order valence-electron chi connectivity index (χ2n) is 3.17. The quantitative estimate of drug-likeness (QED) is 0.604. The van der Waals surface area contributed by atoms with Gasteiger partial charge in [-0.05, 0) is 36.6 Å². The van der Waals surface area contributed by atoms with E-state index in [0.29, 0.717) is 6.42 Å². The van der Waals surface area contributed by atoms with Crippen LogP contribution >= 0.6 is 11.8 Å². The first-order chi connectivity index (χ1) is 7.19. The molecule has 0 radical (unpaired) electrons. The molecule has 1 unspecified atom stereocenters. The van der Waals surface area contributed by atoms with Crippen LogP contribution in [-0.2, 0) is 0 Å². The molecule has 1 aromatic carbocycles. The van der Waals surface area contributed by atoms with Crippen LogP contribution in [0, 0.1) is 11.6 Å². The Kier molecular flexibility index (Phi) is 5.01. The van der Waals surface area contributed by atoms with E-state index in [2.05, 4.69) is 5.43 Å². The van der Waals surface area contributed by atoms with Gasteiger partial charge in [0, 0.05) is 11.6 Å². The number of nitrogens with two attached hydrogens (primary N) is 1. The van der Waals surface area contributed by atoms with Crippen molar-refractivity contribution in [1.29, 1.82) is 0 Å². The fraction of sp³-hybridized carbons (Fsp3) is 0.400. The maximum Gasteiger partial charge on any atom is 0.128 e. The van der Waals surface area contributed by atoms with Crippen molar-refractivity contribution < 1.29 is 8.78 Å². The fourth-order valence-corrected chi connectivity index (χ4v) is 1.82. The Balaban J connectivity index is 2.85. The maximum atomic E-state index is 13.4. The summed E-state index contributed by atoms with van der Waals surface area (Å²) >= 11 is 1.64. The van der Waals surface area contributed by atoms with E-state index in [1.807, 2.05) is 6.26 Å². The molecule has 0 saturated carbocycles. The zero-order valence-electron chi connectivity index (χ0n) is 8.47. The number of hydrazine groups is 1. The van der Waals surface area contributed by atoms with Gasteiger partial charge in [0.25, 0.3) is 0 Å². The lowest BCUT2D eigenvalue weighted by molar-refractivity contribution is 0.497. The molecule has 0 heterocycles. The summed E-state index contributed by atoms with van der Waals surface area (Å²) in [6.45, 7) is 0. The molecule has 0 fully saturated rings. The predicted molar refractivity (Wildman–Crippen MR) is 59.4 cm³/mol. The second kappa shape index (κ2) is 6.05. The third-order valence-corrected chi connectivity index (χ3v) is 2.79. The van der Waals surface area contributed by atoms with Gasteiger partial charge in [-0.1, -0.05) is 0 Å². The molecule has 3 N–H and O–H groups in total. The highest BCUT2D eigenvalue weighted by Gasteiger charge is 2.14. The summed E-state index contributed by atoms with van der Waals surface area (Å²) in [4.78, 5) is 0. The minimum atomic E-state index is -0.448. The summed E-state index contributed by atoms with van der Waals surface area (Å²) in [6.07, 6.45) is 2.62. The van der Waals surface area contributed by atoms with Crippen LogP contribution < -0.4 is 11.3 Å². The van der Waals surface area contributed by atoms with Crippen LogP contribution in [0.4, 0.5) is 8.78 Å². The van der Waals surface area contributed by atoms with Crippen LogP contribution in [0.3, 0.4) is 0 Å². The second-order valence-corrected chi connectivity index (χ2v) is 4.15. The molecule has 1 aromatic rings. The average Bonchev–Trinajstić information content (AvgIpc) is 2.24. The number of benzene rings is 1. The van der Waals surface area contributed by atoms with Crippen molar-refractivity contribution >= 4 is 11.8 Å². The van der Waals surface area contributed by atoms with Crippen LogP contribution in [0.2, 0.25) is 0 Å². The van der Waals surface area contributed by atoms with E-state index in [1.165, 1.54) is 6.07 Å². The molecule has 0 aromatic heterocycles. The highest BCUT2D eigenvalue weighted by atomic mass is 32.2. The Morgan fingerprint density at radius 1 is 1.47 bits per heavy atom. The smallest absolute Gasteiger partial charge is 0.128 e. The maximum absolute atomic E-state index is 13.4. The number of hydrogen-bond donors (Lipinski definition) is 2. The Bertz CT molecular complexity index is 320. The zero-order chi connectivity index (χ0) is 11.3. The number of thioether (sulfide) groups is 1. The number of halogens is 2. The molecule has 5 heteroatoms. The minimum absolute atomic E-state index is 0.284. The molecule has 0 aliphatic heterocycles. The molecule has 1 atom stereocenters. The van der Waals surface area contributed by atoms with Gasteiger partial charge < -0.3 is 0 Å². The molecular weight excluding hydrogens is 218 g/mol. The average molecular weight is 232 g/mol. The molecule has 84 valence electrons. The molecule has 0 spiro atoms. The molecule has 15 heavy (non-hydrogen) atoms. The summed E-state index contributed by atoms with van der Waals surface area (Å²) in [7, 11) is 0. The van der Waals surface area contributed by atoms with Gasteiger partial charge in [-0.3, -0.25) is 11.3 Å². The Hall–Kier alpha value is -0.650. The molecule has 0 bridgehead atoms. The summed E-state index contributed by atoms with van der Waals surface area (Å²) in [6, 6.07) is 3.06. The van der Waals surface area contributed by atoms with E-state index in [9.17, 15) is 8.78 Å². The highest BCUT2D eigenvalue weighted by molar-refractivity contribution is 7.98. The fourth-order valence-electron chi connectivity index (χ4n) is 1.35. The first-order valence-electron chi connectivity index (χ1n) is 4.59. The third-order valence-electron chi connectivity index (χ3n) is 2.15. The third kappa shape index (κ3) is 3.44. The van der Waals surface area contributed by atoms with Crippen molar-refractivity contribution in [3.8, 4) is 0 Å². The summed E-state index contributed by atoms with van der Waals surface area (Å²) in [5, 5.41) is 0. The van der Waals surface area contributed by atoms with Crippen LogP contribution in [0.15, 0.2) is 18.2 Å². The molecule has 0 aliphatic rings. The predicted octanol–water partition coefficient (Wildman–Crippen LogP) is 2.22. The molecule has 0 amide bonds. The monoisotopic (exact) mass is 232 g/mol. The van der Waals surface area contributed by atoms with Crippen LogP contribution in [0.5, 0.6) is 0 Å². The van der Waals surface area contributed by atoms with Gasteiger partial charge in [0.2, 0.25) is 0 Å². The summed E-state index contributed by atoms with van der Waals surface area (Å²) in [5.74, 6) is 5.28. The van der Waals surface area contributed by atoms with Crippen LogP contribution in [0.25, 0.3) is 0 Å². The largest absolute Gasteiger partial charge is 0.271 e. The van der Waals surface area contributed by atoms with Gasteiger partial charge in [-0.15, -0.1) is 0 Å². The molecular formula is C10H14F2N2S. The highest BCUT2D eigenvalue weighted by Crippen LogP contribution is 2.21. The van der Waals surface area contributed by atoms with E-state index < -0.39 is 11.6 Å². The van der Waals surface area contributed by atoms with Crippen molar-refractivity contribution in [2.75, 3.05) is 12.0 Å². The van der Waals surface area contributed by atoms with Gasteiger partial charge in [-0.2, -0.15) is 11.8 Å². The van der Waals surface area contributed by atoms with Gasteiger partial charge in [-0.25, -0.2) is 8.78 Å². The van der Waals surface area contributed by atoms with Gasteiger partial charge in [0.05, 0.1) is 0 Å². The van der Waals surface area contributed by atoms with E-state index in [1.54, 1.807) is 11.8 Å². The topological polar surface area (TPSA) is 38.0 Å². The molecule has 0 aliphatic carbocycles. The first kappa shape index (κ1) is 12.4. The van der Waals surface area contributed by atoms with E-state index >= 15 is 0 Å². The Morgan fingerprint density at radius 3 is 2.80 bits per heavy atom. The zero-order valence-corrected chi connectivity index (χ0v) is 9.28. The number of nitrogens with one attached hydrogen (secondary N) is 1. The SMILES string of the molecule is CSCCC(NN)c1cc(F)ccc1F. The van der Waals surface area contributed by atoms with Crippen molar-refractivity contribution in [1.82, 2.24) is 5.43 Å². The molecule has 1 rings (SSSR count). The van der Waals surface area contributed by atoms with Crippen LogP contribution in [0.1, 0.15) is 18.0 Å². The van der Waals surface area contributed by atoms with Gasteiger partial charge in [0.1, 0.15) is 11.6 Å². The first-order valence-corrected chi connectivity index (χ1v) is 5.98. The van der Waals surface area contributed by atoms with Gasteiger partial charge in [0.15, 0.2) is 0 Å². The van der Waals surface area contributed by atoms with Crippen molar-refractivity contribution in [3.63, 3.8) is 0 Å². The van der Waals surface area contributed by atoms with Crippen molar-refractivity contribution in [3.05, 3.63) is 35.4 Å². The lowest BCUT2D eigenvalue weighted by atomic mass is 10.0. The molecule has 0 saturated heterocycles. The Labute approximate surface area is 92.2 Å². The van der Waals surface area contributed by atoms with Crippen LogP contribution in [-0.4, -0.2) is 12.0 Å². The summed E-state index contributed by atoms with van der Waals surface area (Å²) in [5.41, 5.74) is 2.79. The Morgan fingerprint density at radius 2 is 2.20 bits per heavy atom. The normalized spacial score (nSPS) is 12.8. The summed E-state index contributed by atoms with van der Waals surface area (Å²) < 4.78 is 26.3. The standard InChI is InChI=1S/C10H14F2N2S/c1-15-5-4-10(14-13)8-6-7(11)2-3-9(8)12/h2-3,6,10,14H,4-5,13H2,1H3. The number of hydrogen-bond acceptors (Lipinski definition) is 3. The van der Waals surface area contributed by atoms with Gasteiger partial charge >= 0.3 is 0 Å². The van der Waals surface area contributed by atoms with E-state index in [4.69, 9.17) is 5.84 Å². The van der Waals surface area contributed by atoms with Crippen molar-refractivity contribution in [2.24, 2.45) is 5.84 Å². The lowest BCUT2D eigenvalue weighted by Gasteiger charge is -2.16. The number of rotatable bonds is 5.